The van der Waals surface area contributed by atoms with Crippen molar-refractivity contribution < 1.29 is 44.4 Å². The van der Waals surface area contributed by atoms with Crippen LogP contribution in [0.3, 0.4) is 0 Å². The van der Waals surface area contributed by atoms with Crippen LogP contribution in [0.1, 0.15) is 38.2 Å². The Labute approximate surface area is 146 Å². The minimum atomic E-state index is -2.61. The molecular weight excluding hydrogens is 358 g/mol. The van der Waals surface area contributed by atoms with E-state index >= 15 is 0 Å². The van der Waals surface area contributed by atoms with Crippen LogP contribution in [0.15, 0.2) is 0 Å². The van der Waals surface area contributed by atoms with Gasteiger partial charge in [0.1, 0.15) is 12.2 Å². The molecule has 4 atom stereocenters. The van der Waals surface area contributed by atoms with Gasteiger partial charge in [-0.1, -0.05) is 0 Å². The number of carbonyl (C=O) groups excluding carboxylic acids is 2. The van der Waals surface area contributed by atoms with Gasteiger partial charge in [0.15, 0.2) is 17.5 Å². The molecule has 144 valence electrons. The lowest BCUT2D eigenvalue weighted by Crippen LogP contribution is -2.45. The molecule has 0 aliphatic carbocycles. The highest BCUT2D eigenvalue weighted by molar-refractivity contribution is 5.93. The van der Waals surface area contributed by atoms with E-state index in [4.69, 9.17) is 0 Å². The lowest BCUT2D eigenvalue weighted by atomic mass is 9.94. The Hall–Kier alpha value is -2.74. The second kappa shape index (κ2) is 8.57. The van der Waals surface area contributed by atoms with E-state index in [0.717, 1.165) is 14.2 Å². The smallest absolute Gasteiger partial charge is 0.358 e. The Morgan fingerprint density at radius 3 is 1.92 bits per heavy atom. The molecular formula is C13H17N3O10. The molecule has 4 unspecified atom stereocenters. The fourth-order valence-corrected chi connectivity index (χ4v) is 2.09. The zero-order chi connectivity index (χ0) is 20.2. The Balaban J connectivity index is 3.48. The molecule has 26 heavy (non-hydrogen) atoms. The van der Waals surface area contributed by atoms with Crippen LogP contribution in [-0.2, 0) is 9.47 Å². The number of carbonyl (C=O) groups is 2. The number of ether oxygens (including phenoxy) is 2. The van der Waals surface area contributed by atoms with Gasteiger partial charge < -0.3 is 29.9 Å². The van der Waals surface area contributed by atoms with Crippen LogP contribution < -0.4 is 0 Å². The molecule has 0 bridgehead atoms. The predicted octanol–water partition coefficient (Wildman–Crippen LogP) is -2.29. The fourth-order valence-electron chi connectivity index (χ4n) is 2.09. The maximum Gasteiger partial charge on any atom is 0.358 e. The van der Waals surface area contributed by atoms with Crippen LogP contribution >= 0.6 is 0 Å². The lowest BCUT2D eigenvalue weighted by Gasteiger charge is -2.25. The SMILES string of the molecule is COC(=O)c1nnc(C(=O)OC)c(C(O)C(O)C(O)C(O)[N+](=O)[O-])c1C. The highest BCUT2D eigenvalue weighted by Gasteiger charge is 2.40. The van der Waals surface area contributed by atoms with Gasteiger partial charge in [-0.25, -0.2) is 9.59 Å². The highest BCUT2D eigenvalue weighted by Crippen LogP contribution is 2.28. The zero-order valence-electron chi connectivity index (χ0n) is 13.9. The number of nitrogens with zero attached hydrogens (tertiary/aromatic N) is 3. The summed E-state index contributed by atoms with van der Waals surface area (Å²) in [5, 5.41) is 56.6. The molecule has 0 spiro atoms. The molecule has 1 rings (SSSR count). The average molecular weight is 375 g/mol. The van der Waals surface area contributed by atoms with Gasteiger partial charge in [-0.2, -0.15) is 0 Å². The second-order valence-electron chi connectivity index (χ2n) is 5.04. The number of aliphatic hydroxyl groups is 4. The van der Waals surface area contributed by atoms with Crippen LogP contribution in [0.25, 0.3) is 0 Å². The summed E-state index contributed by atoms with van der Waals surface area (Å²) in [7, 11) is 2.03. The summed E-state index contributed by atoms with van der Waals surface area (Å²) >= 11 is 0. The van der Waals surface area contributed by atoms with Crippen molar-refractivity contribution in [3.63, 3.8) is 0 Å². The number of aromatic nitrogens is 2. The maximum atomic E-state index is 11.8. The molecule has 13 nitrogen and oxygen atoms in total. The number of hydrogen-bond acceptors (Lipinski definition) is 12. The van der Waals surface area contributed by atoms with Gasteiger partial charge in [0.25, 0.3) is 0 Å². The normalized spacial score (nSPS) is 15.5. The van der Waals surface area contributed by atoms with E-state index in [2.05, 4.69) is 19.7 Å². The molecule has 13 heteroatoms. The Morgan fingerprint density at radius 2 is 1.46 bits per heavy atom. The van der Waals surface area contributed by atoms with E-state index in [0.29, 0.717) is 0 Å². The first-order chi connectivity index (χ1) is 12.1. The number of aliphatic hydroxyl groups excluding tert-OH is 4. The van der Waals surface area contributed by atoms with Crippen molar-refractivity contribution in [2.75, 3.05) is 14.2 Å². The summed E-state index contributed by atoms with van der Waals surface area (Å²) in [5.74, 6) is -2.07. The standard InChI is InChI=1S/C13H17N3O10/c1-4-5(8(17)9(18)10(19)11(20)16(23)24)7(13(22)26-3)15-14-6(4)12(21)25-2/h8-11,17-20H,1-3H3. The number of nitro groups is 1. The third-order valence-corrected chi connectivity index (χ3v) is 3.51. The quantitative estimate of drug-likeness (QED) is 0.172. The van der Waals surface area contributed by atoms with Crippen LogP contribution in [0, 0.1) is 17.0 Å². The van der Waals surface area contributed by atoms with Crippen LogP contribution in [-0.4, -0.2) is 80.1 Å². The van der Waals surface area contributed by atoms with Gasteiger partial charge >= 0.3 is 18.2 Å². The van der Waals surface area contributed by atoms with Crippen LogP contribution in [0.2, 0.25) is 0 Å². The van der Waals surface area contributed by atoms with Crippen molar-refractivity contribution in [1.82, 2.24) is 10.2 Å². The van der Waals surface area contributed by atoms with E-state index in [1.165, 1.54) is 6.92 Å². The molecule has 0 amide bonds. The monoisotopic (exact) mass is 375 g/mol. The first-order valence-corrected chi connectivity index (χ1v) is 6.98. The van der Waals surface area contributed by atoms with E-state index < -0.39 is 58.4 Å². The van der Waals surface area contributed by atoms with Crippen LogP contribution in [0.4, 0.5) is 0 Å². The number of hydrogen-bond donors (Lipinski definition) is 4. The molecule has 0 fully saturated rings. The second-order valence-corrected chi connectivity index (χ2v) is 5.04. The Kier molecular flexibility index (Phi) is 7.02. The number of esters is 2. The lowest BCUT2D eigenvalue weighted by molar-refractivity contribution is -0.585. The fraction of sp³-hybridized carbons (Fsp3) is 0.538. The van der Waals surface area contributed by atoms with Gasteiger partial charge in [-0.3, -0.25) is 10.1 Å². The molecule has 0 saturated carbocycles. The van der Waals surface area contributed by atoms with Gasteiger partial charge in [0, 0.05) is 5.56 Å². The van der Waals surface area contributed by atoms with Crippen molar-refractivity contribution in [3.8, 4) is 0 Å². The van der Waals surface area contributed by atoms with E-state index in [9.17, 15) is 40.1 Å². The van der Waals surface area contributed by atoms with E-state index in [1.807, 2.05) is 0 Å². The molecule has 0 aliphatic rings. The Bertz CT molecular complexity index is 710. The van der Waals surface area contributed by atoms with Crippen molar-refractivity contribution >= 4 is 11.9 Å². The molecule has 4 N–H and O–H groups in total. The summed E-state index contributed by atoms with van der Waals surface area (Å²) in [6.45, 7) is 1.23. The highest BCUT2D eigenvalue weighted by atomic mass is 16.7. The van der Waals surface area contributed by atoms with Gasteiger partial charge in [-0.05, 0) is 12.5 Å². The van der Waals surface area contributed by atoms with Crippen molar-refractivity contribution in [2.24, 2.45) is 0 Å². The number of methoxy groups -OCH3 is 2. The van der Waals surface area contributed by atoms with Gasteiger partial charge in [0.05, 0.1) is 19.1 Å². The van der Waals surface area contributed by atoms with Crippen molar-refractivity contribution in [3.05, 3.63) is 32.6 Å². The van der Waals surface area contributed by atoms with Crippen molar-refractivity contribution in [1.29, 1.82) is 0 Å². The minimum Gasteiger partial charge on any atom is -0.464 e. The largest absolute Gasteiger partial charge is 0.464 e. The molecule has 1 aromatic rings. The summed E-state index contributed by atoms with van der Waals surface area (Å²) in [6.07, 6.45) is -9.50. The first kappa shape index (κ1) is 21.3. The molecule has 0 aliphatic heterocycles. The summed E-state index contributed by atoms with van der Waals surface area (Å²) in [6, 6.07) is 0. The predicted molar refractivity (Wildman–Crippen MR) is 79.4 cm³/mol. The third kappa shape index (κ3) is 4.08. The molecule has 0 aromatic carbocycles. The van der Waals surface area contributed by atoms with Gasteiger partial charge in [-0.15, -0.1) is 10.2 Å². The van der Waals surface area contributed by atoms with Crippen molar-refractivity contribution in [2.45, 2.75) is 31.5 Å². The third-order valence-electron chi connectivity index (χ3n) is 3.51. The number of rotatable bonds is 7. The Morgan fingerprint density at radius 1 is 1.00 bits per heavy atom. The molecule has 1 aromatic heterocycles. The average Bonchev–Trinajstić information content (AvgIpc) is 2.63. The topological polar surface area (TPSA) is 202 Å². The maximum absolute atomic E-state index is 11.8. The molecule has 0 saturated heterocycles. The molecule has 1 heterocycles. The molecule has 0 radical (unpaired) electrons. The summed E-state index contributed by atoms with van der Waals surface area (Å²) in [4.78, 5) is 32.7. The van der Waals surface area contributed by atoms with Gasteiger partial charge in [0.2, 0.25) is 0 Å². The summed E-state index contributed by atoms with van der Waals surface area (Å²) < 4.78 is 8.94. The minimum absolute atomic E-state index is 0.151. The summed E-state index contributed by atoms with van der Waals surface area (Å²) in [5.41, 5.74) is -1.64. The van der Waals surface area contributed by atoms with E-state index in [1.54, 1.807) is 0 Å². The zero-order valence-corrected chi connectivity index (χ0v) is 13.9. The first-order valence-electron chi connectivity index (χ1n) is 6.98. The van der Waals surface area contributed by atoms with Crippen LogP contribution in [0.5, 0.6) is 0 Å². The van der Waals surface area contributed by atoms with E-state index in [-0.39, 0.29) is 5.56 Å².